The summed E-state index contributed by atoms with van der Waals surface area (Å²) >= 11 is 13.7. The number of hydrogen-bond acceptors (Lipinski definition) is 6. The van der Waals surface area contributed by atoms with Gasteiger partial charge >= 0.3 is 0 Å². The summed E-state index contributed by atoms with van der Waals surface area (Å²) in [5.41, 5.74) is -0.324. The second-order valence-electron chi connectivity index (χ2n) is 8.67. The van der Waals surface area contributed by atoms with E-state index in [9.17, 15) is 36.9 Å². The summed E-state index contributed by atoms with van der Waals surface area (Å²) < 4.78 is 69.4. The molecule has 4 aromatic rings. The molecule has 0 bridgehead atoms. The topological polar surface area (TPSA) is 78.7 Å². The van der Waals surface area contributed by atoms with Gasteiger partial charge in [-0.2, -0.15) is 0 Å². The zero-order chi connectivity index (χ0) is 28.9. The zero-order valence-corrected chi connectivity index (χ0v) is 22.2. The van der Waals surface area contributed by atoms with Gasteiger partial charge in [-0.05, 0) is 18.2 Å². The number of halogens is 7. The van der Waals surface area contributed by atoms with Crippen LogP contribution in [0.15, 0.2) is 36.4 Å². The van der Waals surface area contributed by atoms with Crippen molar-refractivity contribution in [3.8, 4) is 0 Å². The van der Waals surface area contributed by atoms with E-state index in [0.29, 0.717) is 16.8 Å². The maximum Gasteiger partial charge on any atom is 0.287 e. The van der Waals surface area contributed by atoms with Gasteiger partial charge in [0.25, 0.3) is 11.6 Å². The molecule has 0 unspecified atom stereocenters. The molecule has 0 atom stereocenters. The standard InChI is InChI=1S/C25H15Cl2F5N4O3S/c26-13-10-11(33-25(37)24-16(27)12-2-1-3-15(36(38)39)23(12)40-24)4-5-14(13)34-6-8-35(9-7-34)22-20(31)18(29)17(28)19(30)21(22)32/h1-5,10H,6-9H2,(H,33,37). The van der Waals surface area contributed by atoms with Crippen LogP contribution in [0.5, 0.6) is 0 Å². The van der Waals surface area contributed by atoms with Crippen LogP contribution in [0.1, 0.15) is 9.67 Å². The average Bonchev–Trinajstić information content (AvgIpc) is 3.28. The van der Waals surface area contributed by atoms with Crippen LogP contribution in [0, 0.1) is 39.2 Å². The molecule has 5 rings (SSSR count). The molecule has 1 N–H and O–H groups in total. The van der Waals surface area contributed by atoms with E-state index in [4.69, 9.17) is 23.2 Å². The highest BCUT2D eigenvalue weighted by molar-refractivity contribution is 7.22. The smallest absolute Gasteiger partial charge is 0.287 e. The summed E-state index contributed by atoms with van der Waals surface area (Å²) in [7, 11) is 0. The molecule has 1 aliphatic heterocycles. The molecule has 1 aromatic heterocycles. The van der Waals surface area contributed by atoms with Crippen molar-refractivity contribution in [3.05, 3.63) is 90.5 Å². The number of nitro benzene ring substituents is 1. The Labute approximate surface area is 236 Å². The predicted octanol–water partition coefficient (Wildman–Crippen LogP) is 7.39. The number of nitrogens with zero attached hydrogens (tertiary/aromatic N) is 3. The third-order valence-corrected chi connectivity index (χ3v) is 8.40. The Balaban J connectivity index is 1.31. The first kappa shape index (κ1) is 27.9. The number of fused-ring (bicyclic) bond motifs is 1. The monoisotopic (exact) mass is 616 g/mol. The third kappa shape index (κ3) is 4.78. The number of non-ortho nitro benzene ring substituents is 1. The molecule has 7 nitrogen and oxygen atoms in total. The fourth-order valence-electron chi connectivity index (χ4n) is 4.43. The quantitative estimate of drug-likeness (QED) is 0.0831. The molecule has 0 radical (unpaired) electrons. The van der Waals surface area contributed by atoms with E-state index < -0.39 is 45.6 Å². The van der Waals surface area contributed by atoms with E-state index in [1.807, 2.05) is 0 Å². The van der Waals surface area contributed by atoms with E-state index >= 15 is 0 Å². The molecule has 1 saturated heterocycles. The Bertz CT molecular complexity index is 1670. The number of benzene rings is 3. The minimum Gasteiger partial charge on any atom is -0.367 e. The lowest BCUT2D eigenvalue weighted by molar-refractivity contribution is -0.382. The molecular weight excluding hydrogens is 602 g/mol. The highest BCUT2D eigenvalue weighted by atomic mass is 35.5. The lowest BCUT2D eigenvalue weighted by Gasteiger charge is -2.38. The van der Waals surface area contributed by atoms with Crippen molar-refractivity contribution in [2.75, 3.05) is 41.3 Å². The maximum atomic E-state index is 14.2. The number of anilines is 3. The summed E-state index contributed by atoms with van der Waals surface area (Å²) in [6, 6.07) is 8.99. The molecule has 0 aliphatic carbocycles. The number of thiophene rings is 1. The van der Waals surface area contributed by atoms with Crippen molar-refractivity contribution in [2.45, 2.75) is 0 Å². The Morgan fingerprint density at radius 2 is 1.50 bits per heavy atom. The van der Waals surface area contributed by atoms with Crippen LogP contribution in [0.2, 0.25) is 10.0 Å². The highest BCUT2D eigenvalue weighted by Crippen LogP contribution is 2.41. The van der Waals surface area contributed by atoms with E-state index in [1.165, 1.54) is 18.2 Å². The van der Waals surface area contributed by atoms with E-state index in [-0.39, 0.29) is 51.5 Å². The van der Waals surface area contributed by atoms with Gasteiger partial charge in [-0.25, -0.2) is 22.0 Å². The van der Waals surface area contributed by atoms with Crippen LogP contribution in [0.3, 0.4) is 0 Å². The van der Waals surface area contributed by atoms with Gasteiger partial charge in [0.05, 0.1) is 20.7 Å². The number of piperazine rings is 1. The lowest BCUT2D eigenvalue weighted by Crippen LogP contribution is -2.47. The number of hydrogen-bond donors (Lipinski definition) is 1. The van der Waals surface area contributed by atoms with E-state index in [2.05, 4.69) is 5.32 Å². The summed E-state index contributed by atoms with van der Waals surface area (Å²) in [6.45, 7) is 0.204. The van der Waals surface area contributed by atoms with Crippen molar-refractivity contribution in [1.82, 2.24) is 0 Å². The zero-order valence-electron chi connectivity index (χ0n) is 19.9. The first-order valence-electron chi connectivity index (χ1n) is 11.5. The molecule has 40 heavy (non-hydrogen) atoms. The van der Waals surface area contributed by atoms with Gasteiger partial charge in [0.15, 0.2) is 23.3 Å². The number of rotatable bonds is 5. The van der Waals surface area contributed by atoms with Crippen LogP contribution in [-0.2, 0) is 0 Å². The Morgan fingerprint density at radius 3 is 2.10 bits per heavy atom. The molecule has 1 amide bonds. The van der Waals surface area contributed by atoms with Crippen molar-refractivity contribution >= 4 is 73.3 Å². The molecule has 208 valence electrons. The van der Waals surface area contributed by atoms with Crippen LogP contribution >= 0.6 is 34.5 Å². The van der Waals surface area contributed by atoms with Crippen molar-refractivity contribution in [3.63, 3.8) is 0 Å². The van der Waals surface area contributed by atoms with Crippen LogP contribution in [-0.4, -0.2) is 37.0 Å². The fourth-order valence-corrected chi connectivity index (χ4v) is 6.22. The van der Waals surface area contributed by atoms with Crippen LogP contribution in [0.4, 0.5) is 44.7 Å². The minimum absolute atomic E-state index is 0.0518. The van der Waals surface area contributed by atoms with Gasteiger partial charge < -0.3 is 15.1 Å². The molecule has 1 aliphatic rings. The SMILES string of the molecule is O=C(Nc1ccc(N2CCN(c3c(F)c(F)c(F)c(F)c3F)CC2)c(Cl)c1)c1sc2c([N+](=O)[O-])cccc2c1Cl. The van der Waals surface area contributed by atoms with Crippen molar-refractivity contribution in [1.29, 1.82) is 0 Å². The number of carbonyl (C=O) groups is 1. The van der Waals surface area contributed by atoms with Gasteiger partial charge in [0.1, 0.15) is 15.3 Å². The molecule has 0 saturated carbocycles. The predicted molar refractivity (Wildman–Crippen MR) is 144 cm³/mol. The summed E-state index contributed by atoms with van der Waals surface area (Å²) in [4.78, 5) is 26.6. The van der Waals surface area contributed by atoms with Gasteiger partial charge in [0.2, 0.25) is 5.82 Å². The molecule has 1 fully saturated rings. The lowest BCUT2D eigenvalue weighted by atomic mass is 10.2. The van der Waals surface area contributed by atoms with E-state index in [1.54, 1.807) is 23.1 Å². The molecule has 15 heteroatoms. The largest absolute Gasteiger partial charge is 0.367 e. The van der Waals surface area contributed by atoms with Crippen LogP contribution in [0.25, 0.3) is 10.1 Å². The summed E-state index contributed by atoms with van der Waals surface area (Å²) in [5, 5.41) is 14.7. The molecule has 3 aromatic carbocycles. The summed E-state index contributed by atoms with van der Waals surface area (Å²) in [5.74, 6) is -10.6. The molecule has 0 spiro atoms. The van der Waals surface area contributed by atoms with E-state index in [0.717, 1.165) is 16.2 Å². The molecular formula is C25H15Cl2F5N4O3S. The average molecular weight is 617 g/mol. The summed E-state index contributed by atoms with van der Waals surface area (Å²) in [6.07, 6.45) is 0. The Hall–Kier alpha value is -3.68. The van der Waals surface area contributed by atoms with Gasteiger partial charge in [-0.1, -0.05) is 35.3 Å². The first-order chi connectivity index (χ1) is 19.0. The number of amides is 1. The number of carbonyl (C=O) groups excluding carboxylic acids is 1. The number of nitrogens with one attached hydrogen (secondary N) is 1. The van der Waals surface area contributed by atoms with Gasteiger partial charge in [-0.3, -0.25) is 14.9 Å². The third-order valence-electron chi connectivity index (χ3n) is 6.37. The normalized spacial score (nSPS) is 13.7. The minimum atomic E-state index is -2.22. The van der Waals surface area contributed by atoms with Crippen molar-refractivity contribution < 1.29 is 31.7 Å². The van der Waals surface area contributed by atoms with Gasteiger partial charge in [-0.15, -0.1) is 11.3 Å². The number of nitro groups is 1. The fraction of sp³-hybridized carbons (Fsp3) is 0.160. The second kappa shape index (κ2) is 10.7. The molecule has 2 heterocycles. The Morgan fingerprint density at radius 1 is 0.900 bits per heavy atom. The van der Waals surface area contributed by atoms with Crippen molar-refractivity contribution in [2.24, 2.45) is 0 Å². The maximum absolute atomic E-state index is 14.2. The first-order valence-corrected chi connectivity index (χ1v) is 13.0. The second-order valence-corrected chi connectivity index (χ2v) is 10.5. The van der Waals surface area contributed by atoms with Crippen LogP contribution < -0.4 is 15.1 Å². The highest BCUT2D eigenvalue weighted by Gasteiger charge is 2.31. The van der Waals surface area contributed by atoms with Gasteiger partial charge in [0, 0.05) is 43.3 Å². The Kier molecular flexibility index (Phi) is 7.46.